The first-order valence-corrected chi connectivity index (χ1v) is 9.68. The molecule has 0 radical (unpaired) electrons. The van der Waals surface area contributed by atoms with Gasteiger partial charge in [0.05, 0.1) is 47.1 Å². The summed E-state index contributed by atoms with van der Waals surface area (Å²) in [4.78, 5) is 52.3. The molecule has 0 spiro atoms. The number of nitrogens with zero attached hydrogens (tertiary/aromatic N) is 2. The quantitative estimate of drug-likeness (QED) is 0.434. The number of hydrogen-bond donors (Lipinski definition) is 0. The van der Waals surface area contributed by atoms with E-state index in [0.29, 0.717) is 22.9 Å². The third-order valence-corrected chi connectivity index (χ3v) is 5.51. The Labute approximate surface area is 179 Å². The molecule has 0 amide bonds. The second-order valence-corrected chi connectivity index (χ2v) is 7.24. The summed E-state index contributed by atoms with van der Waals surface area (Å²) in [6, 6.07) is 15.7. The van der Waals surface area contributed by atoms with Crippen LogP contribution in [0.15, 0.2) is 79.8 Å². The summed E-state index contributed by atoms with van der Waals surface area (Å²) < 4.78 is 12.4. The number of fused-ring (bicyclic) bond motifs is 2. The monoisotopic (exact) mass is 428 g/mol. The highest BCUT2D eigenvalue weighted by Gasteiger charge is 2.21. The Kier molecular flexibility index (Phi) is 4.30. The van der Waals surface area contributed by atoms with Crippen molar-refractivity contribution in [2.24, 2.45) is 0 Å². The van der Waals surface area contributed by atoms with Crippen LogP contribution in [0.4, 0.5) is 0 Å². The summed E-state index contributed by atoms with van der Waals surface area (Å²) in [6.07, 6.45) is 0. The van der Waals surface area contributed by atoms with Crippen LogP contribution < -0.4 is 31.7 Å². The summed E-state index contributed by atoms with van der Waals surface area (Å²) in [5, 5.41) is 0.297. The minimum Gasteiger partial charge on any atom is -0.497 e. The molecular formula is C24H16N2O6. The Morgan fingerprint density at radius 1 is 0.531 bits per heavy atom. The molecule has 0 N–H and O–H groups in total. The zero-order chi connectivity index (χ0) is 22.6. The number of rotatable bonds is 4. The van der Waals surface area contributed by atoms with Gasteiger partial charge in [0, 0.05) is 12.1 Å². The molecule has 0 aliphatic rings. The molecule has 2 heterocycles. The van der Waals surface area contributed by atoms with E-state index in [-0.39, 0.29) is 21.5 Å². The van der Waals surface area contributed by atoms with Gasteiger partial charge in [-0.2, -0.15) is 0 Å². The van der Waals surface area contributed by atoms with E-state index in [1.165, 1.54) is 26.4 Å². The Morgan fingerprint density at radius 3 is 1.19 bits per heavy atom. The van der Waals surface area contributed by atoms with Gasteiger partial charge in [0.15, 0.2) is 0 Å². The van der Waals surface area contributed by atoms with Crippen LogP contribution in [-0.2, 0) is 0 Å². The highest BCUT2D eigenvalue weighted by molar-refractivity contribution is 5.98. The molecule has 158 valence electrons. The van der Waals surface area contributed by atoms with Crippen LogP contribution in [0, 0.1) is 0 Å². The van der Waals surface area contributed by atoms with E-state index in [9.17, 15) is 19.2 Å². The number of ether oxygens (including phenoxy) is 2. The molecule has 5 rings (SSSR count). The number of benzene rings is 3. The first-order chi connectivity index (χ1) is 15.4. The van der Waals surface area contributed by atoms with E-state index in [4.69, 9.17) is 9.47 Å². The topological polar surface area (TPSA) is 96.6 Å². The highest BCUT2D eigenvalue weighted by Crippen LogP contribution is 2.20. The predicted octanol–water partition coefficient (Wildman–Crippen LogP) is 1.91. The summed E-state index contributed by atoms with van der Waals surface area (Å²) in [6.45, 7) is 0. The van der Waals surface area contributed by atoms with E-state index >= 15 is 0 Å². The number of aromatic nitrogens is 2. The van der Waals surface area contributed by atoms with Crippen LogP contribution in [0.1, 0.15) is 0 Å². The fourth-order valence-electron chi connectivity index (χ4n) is 3.94. The van der Waals surface area contributed by atoms with Crippen molar-refractivity contribution in [3.8, 4) is 22.9 Å². The van der Waals surface area contributed by atoms with Crippen molar-refractivity contribution in [2.75, 3.05) is 14.2 Å². The Morgan fingerprint density at radius 2 is 0.875 bits per heavy atom. The third kappa shape index (κ3) is 2.70. The lowest BCUT2D eigenvalue weighted by atomic mass is 10.1. The van der Waals surface area contributed by atoms with Gasteiger partial charge in [0.1, 0.15) is 11.5 Å². The van der Waals surface area contributed by atoms with Gasteiger partial charge in [0.25, 0.3) is 22.2 Å². The molecule has 0 unspecified atom stereocenters. The molecule has 3 aromatic carbocycles. The second-order valence-electron chi connectivity index (χ2n) is 7.24. The molecule has 5 aromatic rings. The molecule has 0 fully saturated rings. The molecule has 0 saturated carbocycles. The lowest BCUT2D eigenvalue weighted by Gasteiger charge is -2.03. The van der Waals surface area contributed by atoms with Gasteiger partial charge < -0.3 is 9.47 Å². The summed E-state index contributed by atoms with van der Waals surface area (Å²) in [7, 11) is 2.97. The molecule has 0 atom stereocenters. The average Bonchev–Trinajstić information content (AvgIpc) is 3.21. The van der Waals surface area contributed by atoms with Crippen LogP contribution >= 0.6 is 0 Å². The predicted molar refractivity (Wildman–Crippen MR) is 121 cm³/mol. The van der Waals surface area contributed by atoms with Gasteiger partial charge in [-0.25, -0.2) is 9.13 Å². The minimum absolute atomic E-state index is 0.0743. The molecule has 8 nitrogen and oxygen atoms in total. The van der Waals surface area contributed by atoms with E-state index in [2.05, 4.69) is 0 Å². The van der Waals surface area contributed by atoms with Crippen LogP contribution in [-0.4, -0.2) is 23.4 Å². The van der Waals surface area contributed by atoms with E-state index in [0.717, 1.165) is 9.13 Å². The summed E-state index contributed by atoms with van der Waals surface area (Å²) in [5.41, 5.74) is -1.60. The Bertz CT molecular complexity index is 1530. The SMILES string of the molecule is COc1cccc(-n2c(=O)c3cc4c(=O)n(-c5cccc(OC)c5)c(=O)c4cc3c2=O)c1. The van der Waals surface area contributed by atoms with Crippen molar-refractivity contribution >= 4 is 21.5 Å². The lowest BCUT2D eigenvalue weighted by Crippen LogP contribution is -2.24. The molecule has 8 heteroatoms. The van der Waals surface area contributed by atoms with Gasteiger partial charge in [-0.15, -0.1) is 0 Å². The standard InChI is InChI=1S/C24H16N2O6/c1-31-15-7-3-5-13(9-15)25-21(27)17-11-19-20(12-18(17)22(25)28)24(30)26(23(19)29)14-6-4-8-16(10-14)32-2/h3-12H,1-2H3. The van der Waals surface area contributed by atoms with Crippen molar-refractivity contribution < 1.29 is 9.47 Å². The zero-order valence-corrected chi connectivity index (χ0v) is 17.1. The van der Waals surface area contributed by atoms with Crippen LogP contribution in [0.2, 0.25) is 0 Å². The molecule has 0 aliphatic heterocycles. The van der Waals surface area contributed by atoms with E-state index in [1.807, 2.05) is 0 Å². The first kappa shape index (κ1) is 19.5. The molecule has 32 heavy (non-hydrogen) atoms. The maximum atomic E-state index is 13.1. The molecular weight excluding hydrogens is 412 g/mol. The maximum Gasteiger partial charge on any atom is 0.266 e. The van der Waals surface area contributed by atoms with Gasteiger partial charge in [-0.3, -0.25) is 19.2 Å². The maximum absolute atomic E-state index is 13.1. The third-order valence-electron chi connectivity index (χ3n) is 5.51. The molecule has 0 bridgehead atoms. The molecule has 0 saturated heterocycles. The van der Waals surface area contributed by atoms with Crippen molar-refractivity contribution in [1.82, 2.24) is 9.13 Å². The largest absolute Gasteiger partial charge is 0.497 e. The average molecular weight is 428 g/mol. The van der Waals surface area contributed by atoms with E-state index < -0.39 is 22.2 Å². The van der Waals surface area contributed by atoms with E-state index in [1.54, 1.807) is 48.5 Å². The number of hydrogen-bond acceptors (Lipinski definition) is 6. The second kappa shape index (κ2) is 7.05. The van der Waals surface area contributed by atoms with Crippen molar-refractivity contribution in [3.63, 3.8) is 0 Å². The van der Waals surface area contributed by atoms with Crippen LogP contribution in [0.3, 0.4) is 0 Å². The molecule has 2 aromatic heterocycles. The summed E-state index contributed by atoms with van der Waals surface area (Å²) >= 11 is 0. The zero-order valence-electron chi connectivity index (χ0n) is 17.1. The summed E-state index contributed by atoms with van der Waals surface area (Å²) in [5.74, 6) is 0.974. The van der Waals surface area contributed by atoms with Crippen molar-refractivity contribution in [3.05, 3.63) is 102 Å². The van der Waals surface area contributed by atoms with Crippen molar-refractivity contribution in [2.45, 2.75) is 0 Å². The van der Waals surface area contributed by atoms with Crippen LogP contribution in [0.5, 0.6) is 11.5 Å². The van der Waals surface area contributed by atoms with Crippen LogP contribution in [0.25, 0.3) is 32.9 Å². The van der Waals surface area contributed by atoms with Gasteiger partial charge in [0.2, 0.25) is 0 Å². The Balaban J connectivity index is 1.81. The van der Waals surface area contributed by atoms with Crippen molar-refractivity contribution in [1.29, 1.82) is 0 Å². The molecule has 0 aliphatic carbocycles. The first-order valence-electron chi connectivity index (χ1n) is 9.68. The van der Waals surface area contributed by atoms with Gasteiger partial charge in [-0.1, -0.05) is 12.1 Å². The van der Waals surface area contributed by atoms with Gasteiger partial charge >= 0.3 is 0 Å². The highest BCUT2D eigenvalue weighted by atomic mass is 16.5. The fourth-order valence-corrected chi connectivity index (χ4v) is 3.94. The Hall–Kier alpha value is -4.46. The minimum atomic E-state index is -0.568. The lowest BCUT2D eigenvalue weighted by molar-refractivity contribution is 0.414. The number of methoxy groups -OCH3 is 2. The normalized spacial score (nSPS) is 11.3. The smallest absolute Gasteiger partial charge is 0.266 e. The fraction of sp³-hybridized carbons (Fsp3) is 0.0833. The van der Waals surface area contributed by atoms with Gasteiger partial charge in [-0.05, 0) is 36.4 Å².